The number of nitrogens with zero attached hydrogens (tertiary/aromatic N) is 2. The fraction of sp³-hybridized carbons (Fsp3) is 0.407. The van der Waals surface area contributed by atoms with Crippen LogP contribution in [0.15, 0.2) is 54.6 Å². The fourth-order valence-electron chi connectivity index (χ4n) is 4.78. The summed E-state index contributed by atoms with van der Waals surface area (Å²) in [4.78, 5) is 10.7. The van der Waals surface area contributed by atoms with Crippen molar-refractivity contribution in [3.63, 3.8) is 0 Å². The molecule has 0 atom stereocenters. The van der Waals surface area contributed by atoms with Crippen LogP contribution in [0, 0.1) is 18.8 Å². The molecule has 1 N–H and O–H groups in total. The maximum atomic E-state index is 10.7. The second-order valence-corrected chi connectivity index (χ2v) is 8.88. The van der Waals surface area contributed by atoms with E-state index in [0.717, 1.165) is 49.2 Å². The maximum Gasteiger partial charge on any atom is 0.329 e. The van der Waals surface area contributed by atoms with Crippen molar-refractivity contribution < 1.29 is 19.4 Å². The summed E-state index contributed by atoms with van der Waals surface area (Å²) in [5, 5.41) is 13.8. The molecule has 6 nitrogen and oxygen atoms in total. The molecule has 1 heterocycles. The lowest BCUT2D eigenvalue weighted by molar-refractivity contribution is -0.142. The highest BCUT2D eigenvalue weighted by Crippen LogP contribution is 2.37. The van der Waals surface area contributed by atoms with Crippen molar-refractivity contribution in [3.05, 3.63) is 60.3 Å². The summed E-state index contributed by atoms with van der Waals surface area (Å²) >= 11 is 0. The van der Waals surface area contributed by atoms with Crippen LogP contribution in [0.2, 0.25) is 0 Å². The second-order valence-electron chi connectivity index (χ2n) is 8.88. The molecule has 0 amide bonds. The third-order valence-corrected chi connectivity index (χ3v) is 6.59. The van der Waals surface area contributed by atoms with E-state index < -0.39 is 5.97 Å². The third-order valence-electron chi connectivity index (χ3n) is 6.59. The van der Waals surface area contributed by atoms with Crippen LogP contribution in [-0.2, 0) is 16.1 Å². The third kappa shape index (κ3) is 5.63. The molecule has 1 aliphatic rings. The molecule has 1 aliphatic carbocycles. The average molecular weight is 449 g/mol. The lowest BCUT2D eigenvalue weighted by atomic mass is 9.82. The number of aliphatic carboxylic acids is 1. The number of methoxy groups -OCH3 is 1. The normalized spacial score (nSPS) is 18.2. The zero-order valence-corrected chi connectivity index (χ0v) is 19.4. The van der Waals surface area contributed by atoms with Crippen LogP contribution in [0.3, 0.4) is 0 Å². The van der Waals surface area contributed by atoms with Gasteiger partial charge >= 0.3 is 5.97 Å². The lowest BCUT2D eigenvalue weighted by Gasteiger charge is -2.28. The lowest BCUT2D eigenvalue weighted by Crippen LogP contribution is -2.23. The number of ether oxygens (including phenoxy) is 2. The van der Waals surface area contributed by atoms with Gasteiger partial charge in [-0.2, -0.15) is 5.10 Å². The molecule has 6 heteroatoms. The summed E-state index contributed by atoms with van der Waals surface area (Å²) in [6.45, 7) is 3.38. The van der Waals surface area contributed by atoms with E-state index in [-0.39, 0.29) is 6.61 Å². The summed E-state index contributed by atoms with van der Waals surface area (Å²) in [5.41, 5.74) is 5.53. The van der Waals surface area contributed by atoms with Gasteiger partial charge in [0.15, 0.2) is 0 Å². The average Bonchev–Trinajstić information content (AvgIpc) is 3.16. The van der Waals surface area contributed by atoms with E-state index >= 15 is 0 Å². The zero-order valence-electron chi connectivity index (χ0n) is 19.4. The molecule has 3 aromatic rings. The van der Waals surface area contributed by atoms with Gasteiger partial charge in [0.25, 0.3) is 0 Å². The summed E-state index contributed by atoms with van der Waals surface area (Å²) in [7, 11) is 1.68. The molecule has 174 valence electrons. The van der Waals surface area contributed by atoms with Gasteiger partial charge in [0.05, 0.1) is 13.7 Å². The SMILES string of the molecule is COc1cccc(-c2nn(C[C@H]3CC[C@@H](COCC(=O)O)CC3)c(C)c2-c2ccccc2)c1. The number of carboxylic acids is 1. The van der Waals surface area contributed by atoms with E-state index in [9.17, 15) is 4.79 Å². The predicted octanol–water partition coefficient (Wildman–Crippen LogP) is 5.44. The Bertz CT molecular complexity index is 1070. The second kappa shape index (κ2) is 10.7. The van der Waals surface area contributed by atoms with E-state index in [0.29, 0.717) is 18.4 Å². The number of carboxylic acid groups (broad SMARTS) is 1. The van der Waals surface area contributed by atoms with E-state index in [1.54, 1.807) is 7.11 Å². The van der Waals surface area contributed by atoms with Crippen LogP contribution in [0.1, 0.15) is 31.4 Å². The summed E-state index contributed by atoms with van der Waals surface area (Å²) < 4.78 is 12.9. The number of hydrogen-bond donors (Lipinski definition) is 1. The van der Waals surface area contributed by atoms with Crippen molar-refractivity contribution in [2.24, 2.45) is 11.8 Å². The van der Waals surface area contributed by atoms with Crippen molar-refractivity contribution >= 4 is 5.97 Å². The number of benzene rings is 2. The van der Waals surface area contributed by atoms with Crippen molar-refractivity contribution in [1.82, 2.24) is 9.78 Å². The van der Waals surface area contributed by atoms with Crippen LogP contribution < -0.4 is 4.74 Å². The maximum absolute atomic E-state index is 10.7. The highest BCUT2D eigenvalue weighted by Gasteiger charge is 2.25. The topological polar surface area (TPSA) is 73.6 Å². The first-order chi connectivity index (χ1) is 16.0. The molecule has 33 heavy (non-hydrogen) atoms. The van der Waals surface area contributed by atoms with Gasteiger partial charge in [-0.3, -0.25) is 4.68 Å². The molecule has 0 saturated heterocycles. The largest absolute Gasteiger partial charge is 0.497 e. The molecule has 0 unspecified atom stereocenters. The number of rotatable bonds is 9. The van der Waals surface area contributed by atoms with Gasteiger partial charge in [-0.1, -0.05) is 42.5 Å². The zero-order chi connectivity index (χ0) is 23.2. The van der Waals surface area contributed by atoms with Crippen LogP contribution in [0.4, 0.5) is 0 Å². The number of carbonyl (C=O) groups is 1. The van der Waals surface area contributed by atoms with Crippen molar-refractivity contribution in [3.8, 4) is 28.1 Å². The minimum Gasteiger partial charge on any atom is -0.497 e. The summed E-state index contributed by atoms with van der Waals surface area (Å²) in [5.74, 6) is 0.925. The van der Waals surface area contributed by atoms with Gasteiger partial charge < -0.3 is 14.6 Å². The number of hydrogen-bond acceptors (Lipinski definition) is 4. The molecule has 0 aliphatic heterocycles. The van der Waals surface area contributed by atoms with Crippen molar-refractivity contribution in [1.29, 1.82) is 0 Å². The Morgan fingerprint density at radius 2 is 1.73 bits per heavy atom. The Hall–Kier alpha value is -3.12. The summed E-state index contributed by atoms with van der Waals surface area (Å²) in [6.07, 6.45) is 4.35. The highest BCUT2D eigenvalue weighted by molar-refractivity contribution is 5.83. The Balaban J connectivity index is 1.53. The van der Waals surface area contributed by atoms with E-state index in [1.807, 2.05) is 24.3 Å². The Morgan fingerprint density at radius 3 is 2.42 bits per heavy atom. The number of aromatic nitrogens is 2. The first kappa shape index (κ1) is 23.1. The fourth-order valence-corrected chi connectivity index (χ4v) is 4.78. The minimum atomic E-state index is -0.904. The molecule has 0 spiro atoms. The molecular formula is C27H32N2O4. The van der Waals surface area contributed by atoms with Crippen LogP contribution in [0.5, 0.6) is 5.75 Å². The molecule has 1 saturated carbocycles. The van der Waals surface area contributed by atoms with Gasteiger partial charge in [-0.15, -0.1) is 0 Å². The quantitative estimate of drug-likeness (QED) is 0.472. The Labute approximate surface area is 195 Å². The smallest absolute Gasteiger partial charge is 0.329 e. The van der Waals surface area contributed by atoms with E-state index in [1.165, 1.54) is 16.8 Å². The first-order valence-corrected chi connectivity index (χ1v) is 11.6. The molecule has 2 aromatic carbocycles. The van der Waals surface area contributed by atoms with E-state index in [4.69, 9.17) is 19.7 Å². The van der Waals surface area contributed by atoms with Gasteiger partial charge in [0.1, 0.15) is 18.1 Å². The molecule has 4 rings (SSSR count). The van der Waals surface area contributed by atoms with Gasteiger partial charge in [-0.05, 0) is 62.1 Å². The van der Waals surface area contributed by atoms with Crippen LogP contribution >= 0.6 is 0 Å². The van der Waals surface area contributed by atoms with Gasteiger partial charge in [0, 0.05) is 23.4 Å². The molecule has 0 radical (unpaired) electrons. The summed E-state index contributed by atoms with van der Waals surface area (Å²) in [6, 6.07) is 18.5. The molecule has 1 fully saturated rings. The molecule has 0 bridgehead atoms. The standard InChI is InChI=1S/C27H32N2O4/c1-19-26(22-7-4-3-5-8-22)27(23-9-6-10-24(15-23)32-2)28-29(19)16-20-11-13-21(14-12-20)17-33-18-25(30)31/h3-10,15,20-21H,11-14,16-18H2,1-2H3,(H,30,31)/t20-,21+. The van der Waals surface area contributed by atoms with E-state index in [2.05, 4.69) is 41.9 Å². The molecule has 1 aromatic heterocycles. The molecular weight excluding hydrogens is 416 g/mol. The highest BCUT2D eigenvalue weighted by atomic mass is 16.5. The van der Waals surface area contributed by atoms with Gasteiger partial charge in [-0.25, -0.2) is 4.79 Å². The monoisotopic (exact) mass is 448 g/mol. The Morgan fingerprint density at radius 1 is 1.03 bits per heavy atom. The predicted molar refractivity (Wildman–Crippen MR) is 128 cm³/mol. The van der Waals surface area contributed by atoms with Gasteiger partial charge in [0.2, 0.25) is 0 Å². The first-order valence-electron chi connectivity index (χ1n) is 11.6. The van der Waals surface area contributed by atoms with Crippen LogP contribution in [-0.4, -0.2) is 41.2 Å². The van der Waals surface area contributed by atoms with Crippen molar-refractivity contribution in [2.45, 2.75) is 39.2 Å². The minimum absolute atomic E-state index is 0.207. The van der Waals surface area contributed by atoms with Crippen molar-refractivity contribution in [2.75, 3.05) is 20.3 Å². The van der Waals surface area contributed by atoms with Crippen LogP contribution in [0.25, 0.3) is 22.4 Å². The Kier molecular flexibility index (Phi) is 7.45.